The minimum Gasteiger partial charge on any atom is -0.420 e. The molecule has 0 aliphatic carbocycles. The highest BCUT2D eigenvalue weighted by atomic mass is 19.2. The fourth-order valence-corrected chi connectivity index (χ4v) is 4.79. The summed E-state index contributed by atoms with van der Waals surface area (Å²) in [5.41, 5.74) is 0.689. The van der Waals surface area contributed by atoms with E-state index in [-0.39, 0.29) is 58.5 Å². The predicted molar refractivity (Wildman–Crippen MR) is 175 cm³/mol. The number of esters is 1. The van der Waals surface area contributed by atoms with Crippen molar-refractivity contribution >= 4 is 11.9 Å². The van der Waals surface area contributed by atoms with Gasteiger partial charge < -0.3 is 58.5 Å². The number of aliphatic hydroxyl groups excluding tert-OH is 3. The number of carbonyl (C=O) groups excluding carboxylic acids is 2. The Kier molecular flexibility index (Phi) is 20.8. The molecule has 2 aromatic rings. The van der Waals surface area contributed by atoms with Crippen LogP contribution in [0, 0.1) is 35.0 Å². The Balaban J connectivity index is 1.07. The Hall–Kier alpha value is -3.45. The zero-order valence-corrected chi connectivity index (χ0v) is 30.1. The summed E-state index contributed by atoms with van der Waals surface area (Å²) in [7, 11) is 0. The van der Waals surface area contributed by atoms with E-state index in [2.05, 4.69) is 20.4 Å². The summed E-state index contributed by atoms with van der Waals surface area (Å²) < 4.78 is 110. The lowest BCUT2D eigenvalue weighted by atomic mass is 9.92. The van der Waals surface area contributed by atoms with Gasteiger partial charge in [0.25, 0.3) is 0 Å². The lowest BCUT2D eigenvalue weighted by Crippen LogP contribution is -2.55. The maximum absolute atomic E-state index is 13.6. The molecule has 1 aromatic carbocycles. The van der Waals surface area contributed by atoms with Crippen LogP contribution in [0.3, 0.4) is 0 Å². The normalized spacial score (nSPS) is 19.8. The number of ether oxygens (including phenoxy) is 8. The van der Waals surface area contributed by atoms with Crippen molar-refractivity contribution in [3.8, 4) is 5.75 Å². The fraction of sp³-hybridized carbons (Fsp3) is 0.697. The lowest BCUT2D eigenvalue weighted by molar-refractivity contribution is -0.282. The number of aliphatic hydroxyl groups is 3. The van der Waals surface area contributed by atoms with Gasteiger partial charge in [0.15, 0.2) is 6.29 Å². The Labute approximate surface area is 312 Å². The molecule has 5 atom stereocenters. The van der Waals surface area contributed by atoms with E-state index in [1.165, 1.54) is 0 Å². The number of benzene rings is 1. The molecule has 4 N–H and O–H groups in total. The standard InChI is InChI=1S/C33H47F5N4O13/c1-20-30(46)31(47)22(19-43)54-33(20)53-9-2-21-18-42(41-40-21)6-11-51-15-17-52-16-14-50-10-5-39-23(44)3-7-48-12-13-49-8-4-24(45)55-32-28(37)26(35)25(34)27(36)29(32)38/h18,20,22,30-31,33,43,46-47H,2-17,19H2,1H3,(H,39,44)/t20-,22-,30-,31+,33-/m1/s1. The van der Waals surface area contributed by atoms with Crippen LogP contribution in [0.15, 0.2) is 6.20 Å². The number of nitrogens with one attached hydrogen (secondary N) is 1. The molecule has 0 unspecified atom stereocenters. The molecule has 312 valence electrons. The van der Waals surface area contributed by atoms with E-state index < -0.39 is 84.4 Å². The van der Waals surface area contributed by atoms with Gasteiger partial charge in [-0.3, -0.25) is 9.59 Å². The van der Waals surface area contributed by atoms with Crippen LogP contribution in [-0.4, -0.2) is 153 Å². The zero-order valence-electron chi connectivity index (χ0n) is 30.1. The third kappa shape index (κ3) is 15.5. The van der Waals surface area contributed by atoms with Crippen molar-refractivity contribution in [1.29, 1.82) is 0 Å². The van der Waals surface area contributed by atoms with Crippen LogP contribution in [0.5, 0.6) is 5.75 Å². The Bertz CT molecular complexity index is 1430. The minimum absolute atomic E-state index is 0.00530. The molecule has 0 radical (unpaired) electrons. The number of aromatic nitrogens is 3. The summed E-state index contributed by atoms with van der Waals surface area (Å²) in [6.45, 7) is 4.11. The molecule has 0 saturated carbocycles. The van der Waals surface area contributed by atoms with Crippen LogP contribution in [0.25, 0.3) is 0 Å². The quantitative estimate of drug-likeness (QED) is 0.0237. The second-order valence-electron chi connectivity index (χ2n) is 11.9. The van der Waals surface area contributed by atoms with E-state index in [1.807, 2.05) is 0 Å². The predicted octanol–water partition coefficient (Wildman–Crippen LogP) is 0.193. The van der Waals surface area contributed by atoms with Crippen molar-refractivity contribution in [2.75, 3.05) is 85.8 Å². The number of amides is 1. The highest BCUT2D eigenvalue weighted by Gasteiger charge is 2.42. The Morgan fingerprint density at radius 1 is 0.782 bits per heavy atom. The second kappa shape index (κ2) is 24.9. The third-order valence-electron chi connectivity index (χ3n) is 7.87. The SMILES string of the molecule is C[C@H]1[C@H](OCCc2cn(CCOCCOCCOCCNC(=O)CCOCCOCCC(=O)Oc3c(F)c(F)c(F)c(F)c3F)nn2)O[C@H](CO)[C@H](O)[C@@H]1O. The number of rotatable bonds is 27. The average molecular weight is 803 g/mol. The molecule has 0 bridgehead atoms. The number of halogens is 5. The van der Waals surface area contributed by atoms with Gasteiger partial charge in [-0.1, -0.05) is 12.1 Å². The Morgan fingerprint density at radius 2 is 1.35 bits per heavy atom. The third-order valence-corrected chi connectivity index (χ3v) is 7.87. The Morgan fingerprint density at radius 3 is 1.98 bits per heavy atom. The first-order chi connectivity index (χ1) is 26.4. The highest BCUT2D eigenvalue weighted by Crippen LogP contribution is 2.29. The highest BCUT2D eigenvalue weighted by molar-refractivity contribution is 5.75. The molecule has 0 spiro atoms. The first-order valence-corrected chi connectivity index (χ1v) is 17.4. The molecular formula is C33H47F5N4O13. The number of carbonyl (C=O) groups is 2. The average Bonchev–Trinajstić information content (AvgIpc) is 3.63. The number of nitrogens with zero attached hydrogens (tertiary/aromatic N) is 3. The van der Waals surface area contributed by atoms with E-state index in [9.17, 15) is 46.9 Å². The van der Waals surface area contributed by atoms with Gasteiger partial charge in [-0.05, 0) is 0 Å². The topological polar surface area (TPSA) is 211 Å². The molecule has 3 rings (SSSR count). The van der Waals surface area contributed by atoms with Gasteiger partial charge >= 0.3 is 5.97 Å². The van der Waals surface area contributed by atoms with Gasteiger partial charge in [0.05, 0.1) is 104 Å². The van der Waals surface area contributed by atoms with Crippen LogP contribution in [0.4, 0.5) is 22.0 Å². The van der Waals surface area contributed by atoms with Crippen LogP contribution in [0.2, 0.25) is 0 Å². The first kappa shape index (κ1) is 45.9. The largest absolute Gasteiger partial charge is 0.420 e. The van der Waals surface area contributed by atoms with Crippen molar-refractivity contribution in [2.45, 2.75) is 57.3 Å². The summed E-state index contributed by atoms with van der Waals surface area (Å²) in [6, 6.07) is 0. The summed E-state index contributed by atoms with van der Waals surface area (Å²) in [4.78, 5) is 23.6. The maximum Gasteiger partial charge on any atom is 0.313 e. The molecule has 1 amide bonds. The number of hydrogen-bond acceptors (Lipinski definition) is 15. The molecule has 22 heteroatoms. The fourth-order valence-electron chi connectivity index (χ4n) is 4.79. The van der Waals surface area contributed by atoms with Gasteiger partial charge in [0.1, 0.15) is 12.2 Å². The van der Waals surface area contributed by atoms with Crippen LogP contribution in [-0.2, 0) is 55.7 Å². The van der Waals surface area contributed by atoms with E-state index in [0.29, 0.717) is 51.7 Å². The molecule has 1 aromatic heterocycles. The van der Waals surface area contributed by atoms with Crippen molar-refractivity contribution in [3.05, 3.63) is 41.0 Å². The van der Waals surface area contributed by atoms with Crippen molar-refractivity contribution < 1.29 is 84.8 Å². The second-order valence-corrected chi connectivity index (χ2v) is 11.9. The van der Waals surface area contributed by atoms with E-state index in [4.69, 9.17) is 33.2 Å². The summed E-state index contributed by atoms with van der Waals surface area (Å²) in [5.74, 6) is -15.1. The van der Waals surface area contributed by atoms with Crippen molar-refractivity contribution in [2.24, 2.45) is 5.92 Å². The summed E-state index contributed by atoms with van der Waals surface area (Å²) in [5, 5.41) is 40.2. The summed E-state index contributed by atoms with van der Waals surface area (Å²) in [6.07, 6.45) is -2.22. The maximum atomic E-state index is 13.6. The van der Waals surface area contributed by atoms with E-state index in [0.717, 1.165) is 0 Å². The summed E-state index contributed by atoms with van der Waals surface area (Å²) >= 11 is 0. The van der Waals surface area contributed by atoms with E-state index >= 15 is 0 Å². The van der Waals surface area contributed by atoms with Crippen LogP contribution < -0.4 is 10.1 Å². The van der Waals surface area contributed by atoms with E-state index in [1.54, 1.807) is 17.8 Å². The van der Waals surface area contributed by atoms with Crippen LogP contribution in [0.1, 0.15) is 25.5 Å². The molecule has 1 fully saturated rings. The van der Waals surface area contributed by atoms with Gasteiger partial charge in [-0.25, -0.2) is 17.9 Å². The molecule has 55 heavy (non-hydrogen) atoms. The molecule has 1 aliphatic heterocycles. The molecule has 1 aliphatic rings. The van der Waals surface area contributed by atoms with Crippen molar-refractivity contribution in [1.82, 2.24) is 20.3 Å². The van der Waals surface area contributed by atoms with Gasteiger partial charge in [-0.2, -0.15) is 8.78 Å². The lowest BCUT2D eigenvalue weighted by Gasteiger charge is -2.40. The minimum atomic E-state index is -2.37. The van der Waals surface area contributed by atoms with Gasteiger partial charge in [0.2, 0.25) is 40.7 Å². The molecule has 1 saturated heterocycles. The molecule has 17 nitrogen and oxygen atoms in total. The van der Waals surface area contributed by atoms with Gasteiger partial charge in [-0.15, -0.1) is 5.10 Å². The molecule has 2 heterocycles. The zero-order chi connectivity index (χ0) is 40.2. The van der Waals surface area contributed by atoms with Crippen molar-refractivity contribution in [3.63, 3.8) is 0 Å². The monoisotopic (exact) mass is 802 g/mol. The first-order valence-electron chi connectivity index (χ1n) is 17.4. The van der Waals surface area contributed by atoms with Crippen LogP contribution >= 0.6 is 0 Å². The molecular weight excluding hydrogens is 755 g/mol. The van der Waals surface area contributed by atoms with Gasteiger partial charge in [0, 0.05) is 31.5 Å². The smallest absolute Gasteiger partial charge is 0.313 e. The number of hydrogen-bond donors (Lipinski definition) is 4.